The maximum Gasteiger partial charge on any atom is 0.305 e. The molecule has 0 atom stereocenters. The predicted octanol–water partition coefficient (Wildman–Crippen LogP) is 4.91. The zero-order chi connectivity index (χ0) is 19.1. The number of carbonyl (C=O) groups excluding carboxylic acids is 1. The zero-order valence-corrected chi connectivity index (χ0v) is 17.3. The van der Waals surface area contributed by atoms with Crippen molar-refractivity contribution in [3.63, 3.8) is 0 Å². The van der Waals surface area contributed by atoms with Crippen molar-refractivity contribution in [2.45, 2.75) is 84.5 Å². The third-order valence-electron chi connectivity index (χ3n) is 4.07. The first-order valence-corrected chi connectivity index (χ1v) is 10.7. The van der Waals surface area contributed by atoms with E-state index < -0.39 is 0 Å². The van der Waals surface area contributed by atoms with Crippen LogP contribution in [0, 0.1) is 0 Å². The minimum absolute atomic E-state index is 0.112. The fraction of sp³-hybridized carbons (Fsp3) is 0.952. The van der Waals surface area contributed by atoms with E-state index in [2.05, 4.69) is 13.8 Å². The first-order valence-electron chi connectivity index (χ1n) is 10.7. The highest BCUT2D eigenvalue weighted by molar-refractivity contribution is 5.69. The van der Waals surface area contributed by atoms with Gasteiger partial charge in [-0.25, -0.2) is 0 Å². The molecule has 0 fully saturated rings. The number of hydrogen-bond acceptors (Lipinski definition) is 5. The Balaban J connectivity index is 3.12. The lowest BCUT2D eigenvalue weighted by atomic mass is 10.1. The second kappa shape index (κ2) is 22.4. The molecule has 0 spiro atoms. The molecular formula is C21H42O5. The van der Waals surface area contributed by atoms with E-state index >= 15 is 0 Å². The topological polar surface area (TPSA) is 54.0 Å². The van der Waals surface area contributed by atoms with E-state index in [9.17, 15) is 4.79 Å². The van der Waals surface area contributed by atoms with Gasteiger partial charge in [0.15, 0.2) is 0 Å². The highest BCUT2D eigenvalue weighted by atomic mass is 16.5. The van der Waals surface area contributed by atoms with Gasteiger partial charge >= 0.3 is 5.97 Å². The Morgan fingerprint density at radius 2 is 1.00 bits per heavy atom. The zero-order valence-electron chi connectivity index (χ0n) is 17.3. The summed E-state index contributed by atoms with van der Waals surface area (Å²) in [5, 5.41) is 0. The van der Waals surface area contributed by atoms with Crippen LogP contribution < -0.4 is 0 Å². The van der Waals surface area contributed by atoms with Gasteiger partial charge < -0.3 is 18.9 Å². The van der Waals surface area contributed by atoms with Crippen LogP contribution in [0.2, 0.25) is 0 Å². The van der Waals surface area contributed by atoms with Crippen molar-refractivity contribution in [2.75, 3.05) is 46.2 Å². The summed E-state index contributed by atoms with van der Waals surface area (Å²) in [7, 11) is 0. The molecule has 156 valence electrons. The maximum absolute atomic E-state index is 11.6. The average molecular weight is 375 g/mol. The van der Waals surface area contributed by atoms with Gasteiger partial charge in [0.05, 0.1) is 33.0 Å². The van der Waals surface area contributed by atoms with Gasteiger partial charge in [-0.2, -0.15) is 0 Å². The summed E-state index contributed by atoms with van der Waals surface area (Å²) in [5.41, 5.74) is 0. The van der Waals surface area contributed by atoms with Crippen LogP contribution in [0.1, 0.15) is 84.5 Å². The molecule has 0 N–H and O–H groups in total. The van der Waals surface area contributed by atoms with Crippen LogP contribution in [0.15, 0.2) is 0 Å². The summed E-state index contributed by atoms with van der Waals surface area (Å²) in [4.78, 5) is 11.6. The Bertz CT molecular complexity index is 284. The second-order valence-electron chi connectivity index (χ2n) is 6.64. The Labute approximate surface area is 161 Å². The van der Waals surface area contributed by atoms with Crippen LogP contribution in [0.4, 0.5) is 0 Å². The van der Waals surface area contributed by atoms with Crippen LogP contribution >= 0.6 is 0 Å². The highest BCUT2D eigenvalue weighted by Crippen LogP contribution is 2.05. The molecule has 0 unspecified atom stereocenters. The van der Waals surface area contributed by atoms with Gasteiger partial charge in [0, 0.05) is 19.6 Å². The largest absolute Gasteiger partial charge is 0.466 e. The van der Waals surface area contributed by atoms with Crippen molar-refractivity contribution >= 4 is 5.97 Å². The smallest absolute Gasteiger partial charge is 0.305 e. The molecular weight excluding hydrogens is 332 g/mol. The van der Waals surface area contributed by atoms with Crippen molar-refractivity contribution < 1.29 is 23.7 Å². The number of carbonyl (C=O) groups is 1. The lowest BCUT2D eigenvalue weighted by molar-refractivity contribution is -0.144. The molecule has 0 aliphatic rings. The first-order chi connectivity index (χ1) is 12.8. The molecule has 5 heteroatoms. The van der Waals surface area contributed by atoms with E-state index in [4.69, 9.17) is 18.9 Å². The van der Waals surface area contributed by atoms with Crippen LogP contribution in [-0.4, -0.2) is 52.2 Å². The van der Waals surface area contributed by atoms with Crippen molar-refractivity contribution in [1.29, 1.82) is 0 Å². The number of rotatable bonds is 21. The minimum atomic E-state index is -0.112. The maximum atomic E-state index is 11.6. The third-order valence-corrected chi connectivity index (χ3v) is 4.07. The van der Waals surface area contributed by atoms with E-state index in [1.54, 1.807) is 0 Å². The summed E-state index contributed by atoms with van der Waals surface area (Å²) in [6.07, 6.45) is 11.9. The van der Waals surface area contributed by atoms with Crippen molar-refractivity contribution in [1.82, 2.24) is 0 Å². The quantitative estimate of drug-likeness (QED) is 0.211. The van der Waals surface area contributed by atoms with Crippen LogP contribution in [0.5, 0.6) is 0 Å². The molecule has 0 saturated carbocycles. The van der Waals surface area contributed by atoms with Gasteiger partial charge in [-0.15, -0.1) is 0 Å². The molecule has 0 aliphatic heterocycles. The van der Waals surface area contributed by atoms with E-state index in [-0.39, 0.29) is 5.97 Å². The second-order valence-corrected chi connectivity index (χ2v) is 6.64. The molecule has 0 saturated heterocycles. The predicted molar refractivity (Wildman–Crippen MR) is 106 cm³/mol. The molecule has 0 amide bonds. The van der Waals surface area contributed by atoms with Crippen LogP contribution in [0.25, 0.3) is 0 Å². The summed E-state index contributed by atoms with van der Waals surface area (Å²) in [6, 6.07) is 0. The number of ether oxygens (including phenoxy) is 4. The van der Waals surface area contributed by atoms with Crippen LogP contribution in [0.3, 0.4) is 0 Å². The average Bonchev–Trinajstić information content (AvgIpc) is 2.64. The first kappa shape index (κ1) is 25.4. The molecule has 0 aromatic heterocycles. The summed E-state index contributed by atoms with van der Waals surface area (Å²) < 4.78 is 21.6. The highest BCUT2D eigenvalue weighted by Gasteiger charge is 2.02. The van der Waals surface area contributed by atoms with Crippen molar-refractivity contribution in [2.24, 2.45) is 0 Å². The Kier molecular flexibility index (Phi) is 21.8. The lowest BCUT2D eigenvalue weighted by Gasteiger charge is -2.07. The standard InChI is InChI=1S/C21H42O5/c1-3-5-7-8-9-11-16-26-21(22)13-12-15-24-18-20-25-19-17-23-14-10-6-4-2/h3-20H2,1-2H3. The monoisotopic (exact) mass is 374 g/mol. The van der Waals surface area contributed by atoms with E-state index in [0.717, 1.165) is 25.9 Å². The van der Waals surface area contributed by atoms with Gasteiger partial charge in [0.2, 0.25) is 0 Å². The molecule has 0 aliphatic carbocycles. The minimum Gasteiger partial charge on any atom is -0.466 e. The molecule has 0 heterocycles. The molecule has 26 heavy (non-hydrogen) atoms. The summed E-state index contributed by atoms with van der Waals surface area (Å²) in [5.74, 6) is -0.112. The van der Waals surface area contributed by atoms with Gasteiger partial charge in [0.25, 0.3) is 0 Å². The molecule has 0 rings (SSSR count). The number of unbranched alkanes of at least 4 members (excludes halogenated alkanes) is 7. The summed E-state index contributed by atoms with van der Waals surface area (Å²) in [6.45, 7) is 8.73. The van der Waals surface area contributed by atoms with Gasteiger partial charge in [-0.3, -0.25) is 4.79 Å². The SMILES string of the molecule is CCCCCCCCOC(=O)CCCOCCOCCOCCCCC. The lowest BCUT2D eigenvalue weighted by Crippen LogP contribution is -2.11. The van der Waals surface area contributed by atoms with Gasteiger partial charge in [-0.05, 0) is 19.3 Å². The number of esters is 1. The Morgan fingerprint density at radius 1 is 0.538 bits per heavy atom. The molecule has 0 aromatic carbocycles. The summed E-state index contributed by atoms with van der Waals surface area (Å²) >= 11 is 0. The fourth-order valence-electron chi connectivity index (χ4n) is 2.46. The van der Waals surface area contributed by atoms with Gasteiger partial charge in [-0.1, -0.05) is 58.8 Å². The molecule has 0 radical (unpaired) electrons. The van der Waals surface area contributed by atoms with Crippen molar-refractivity contribution in [3.05, 3.63) is 0 Å². The van der Waals surface area contributed by atoms with E-state index in [1.165, 1.54) is 38.5 Å². The molecule has 0 aromatic rings. The van der Waals surface area contributed by atoms with E-state index in [1.807, 2.05) is 0 Å². The molecule has 0 bridgehead atoms. The van der Waals surface area contributed by atoms with Crippen molar-refractivity contribution in [3.8, 4) is 0 Å². The fourth-order valence-corrected chi connectivity index (χ4v) is 2.46. The molecule has 5 nitrogen and oxygen atoms in total. The third kappa shape index (κ3) is 21.4. The van der Waals surface area contributed by atoms with E-state index in [0.29, 0.717) is 52.5 Å². The normalized spacial score (nSPS) is 11.0. The Hall–Kier alpha value is -0.650. The van der Waals surface area contributed by atoms with Crippen LogP contribution in [-0.2, 0) is 23.7 Å². The van der Waals surface area contributed by atoms with Gasteiger partial charge in [0.1, 0.15) is 0 Å². The number of hydrogen-bond donors (Lipinski definition) is 0. The Morgan fingerprint density at radius 3 is 1.65 bits per heavy atom.